The molecule has 2 unspecified atom stereocenters. The normalized spacial score (nSPS) is 27.0. The maximum absolute atomic E-state index is 14.3. The Kier molecular flexibility index (Phi) is 5.99. The number of halogens is 1. The van der Waals surface area contributed by atoms with Gasteiger partial charge < -0.3 is 19.9 Å². The topological polar surface area (TPSA) is 61.9 Å². The van der Waals surface area contributed by atoms with Crippen molar-refractivity contribution in [2.75, 3.05) is 32.8 Å². The van der Waals surface area contributed by atoms with Gasteiger partial charge in [0.1, 0.15) is 12.4 Å². The van der Waals surface area contributed by atoms with Crippen LogP contribution >= 0.6 is 25.3 Å². The average Bonchev–Trinajstić information content (AvgIpc) is 2.65. The van der Waals surface area contributed by atoms with Gasteiger partial charge in [0.05, 0.1) is 12.1 Å². The fraction of sp³-hybridized carbons (Fsp3) is 0.600. The number of benzene rings is 1. The van der Waals surface area contributed by atoms with Crippen LogP contribution in [0.25, 0.3) is 0 Å². The Hall–Kier alpha value is -1.45. The van der Waals surface area contributed by atoms with Gasteiger partial charge in [0.2, 0.25) is 5.91 Å². The molecule has 9 heteroatoms. The number of aryl methyl sites for hydroxylation is 1. The summed E-state index contributed by atoms with van der Waals surface area (Å²) < 4.78 is 19.8. The van der Waals surface area contributed by atoms with Crippen LogP contribution in [-0.2, 0) is 9.53 Å². The zero-order valence-electron chi connectivity index (χ0n) is 16.3. The summed E-state index contributed by atoms with van der Waals surface area (Å²) in [5, 5.41) is 2.42. The van der Waals surface area contributed by atoms with Crippen LogP contribution in [0.2, 0.25) is 0 Å². The number of morpholine rings is 1. The van der Waals surface area contributed by atoms with Crippen molar-refractivity contribution in [3.05, 3.63) is 35.1 Å². The Balaban J connectivity index is 1.31. The minimum absolute atomic E-state index is 0.0166. The van der Waals surface area contributed by atoms with Crippen LogP contribution in [0.1, 0.15) is 22.8 Å². The molecule has 0 spiro atoms. The maximum Gasteiger partial charge on any atom is 0.320 e. The number of hydrogen-bond donors (Lipinski definition) is 3. The Morgan fingerprint density at radius 3 is 2.76 bits per heavy atom. The quantitative estimate of drug-likeness (QED) is 0.632. The number of piperidine rings is 1. The minimum Gasteiger partial charge on any atom is -0.366 e. The SMILES string of the molecule is Cc1ccc(C(S)C(S)C2CN(C(=O)N3CC[C@@H]4OCC(=O)N[C@@H]4C3)C2)c(F)c1. The Morgan fingerprint density at radius 2 is 2.03 bits per heavy atom. The molecule has 3 amide bonds. The van der Waals surface area contributed by atoms with E-state index in [0.29, 0.717) is 38.2 Å². The number of hydrogen-bond acceptors (Lipinski definition) is 5. The van der Waals surface area contributed by atoms with Crippen LogP contribution in [0, 0.1) is 18.7 Å². The summed E-state index contributed by atoms with van der Waals surface area (Å²) >= 11 is 9.29. The summed E-state index contributed by atoms with van der Waals surface area (Å²) in [7, 11) is 0. The molecule has 4 rings (SSSR count). The van der Waals surface area contributed by atoms with Gasteiger partial charge in [-0.15, -0.1) is 0 Å². The van der Waals surface area contributed by atoms with Gasteiger partial charge in [0.15, 0.2) is 0 Å². The molecule has 29 heavy (non-hydrogen) atoms. The number of likely N-dealkylation sites (tertiary alicyclic amines) is 2. The van der Waals surface area contributed by atoms with E-state index in [4.69, 9.17) is 4.74 Å². The van der Waals surface area contributed by atoms with Crippen LogP contribution in [-0.4, -0.2) is 71.9 Å². The fourth-order valence-electron chi connectivity index (χ4n) is 4.27. The fourth-order valence-corrected chi connectivity index (χ4v) is 5.07. The predicted octanol–water partition coefficient (Wildman–Crippen LogP) is 2.04. The number of nitrogens with one attached hydrogen (secondary N) is 1. The molecule has 158 valence electrons. The van der Waals surface area contributed by atoms with Gasteiger partial charge in [-0.2, -0.15) is 25.3 Å². The molecule has 0 radical (unpaired) electrons. The van der Waals surface area contributed by atoms with Crippen LogP contribution in [0.4, 0.5) is 9.18 Å². The molecule has 3 aliphatic heterocycles. The molecule has 0 aromatic heterocycles. The standard InChI is InChI=1S/C20H26FN3O3S2/c1-11-2-3-13(14(21)6-11)19(29)18(28)12-7-24(8-12)20(26)23-5-4-16-15(9-23)22-17(25)10-27-16/h2-3,6,12,15-16,18-19,28-29H,4-5,7-10H2,1H3,(H,22,25)/t15-,16+,18?,19?/m1/s1. The number of thiol groups is 2. The molecule has 3 saturated heterocycles. The lowest BCUT2D eigenvalue weighted by molar-refractivity contribution is -0.139. The van der Waals surface area contributed by atoms with E-state index in [1.807, 2.05) is 13.0 Å². The van der Waals surface area contributed by atoms with E-state index in [9.17, 15) is 14.0 Å². The Bertz CT molecular complexity index is 805. The van der Waals surface area contributed by atoms with Gasteiger partial charge in [-0.05, 0) is 25.0 Å². The molecule has 4 atom stereocenters. The molecule has 3 heterocycles. The number of amides is 3. The highest BCUT2D eigenvalue weighted by Gasteiger charge is 2.42. The summed E-state index contributed by atoms with van der Waals surface area (Å²) in [4.78, 5) is 27.9. The van der Waals surface area contributed by atoms with E-state index < -0.39 is 0 Å². The number of ether oxygens (including phenoxy) is 1. The van der Waals surface area contributed by atoms with E-state index in [1.165, 1.54) is 6.07 Å². The van der Waals surface area contributed by atoms with Gasteiger partial charge in [-0.25, -0.2) is 9.18 Å². The Morgan fingerprint density at radius 1 is 1.28 bits per heavy atom. The van der Waals surface area contributed by atoms with Crippen molar-refractivity contribution in [2.45, 2.75) is 36.0 Å². The lowest BCUT2D eigenvalue weighted by Gasteiger charge is -2.47. The van der Waals surface area contributed by atoms with Gasteiger partial charge in [-0.3, -0.25) is 4.79 Å². The van der Waals surface area contributed by atoms with Gasteiger partial charge in [0.25, 0.3) is 0 Å². The predicted molar refractivity (Wildman–Crippen MR) is 114 cm³/mol. The van der Waals surface area contributed by atoms with Crippen LogP contribution in [0.3, 0.4) is 0 Å². The zero-order valence-corrected chi connectivity index (χ0v) is 18.0. The number of fused-ring (bicyclic) bond motifs is 1. The molecule has 1 aromatic rings. The largest absolute Gasteiger partial charge is 0.366 e. The van der Waals surface area contributed by atoms with E-state index in [2.05, 4.69) is 30.6 Å². The summed E-state index contributed by atoms with van der Waals surface area (Å²) in [6, 6.07) is 4.97. The number of nitrogens with zero attached hydrogens (tertiary/aromatic N) is 2. The van der Waals surface area contributed by atoms with Gasteiger partial charge >= 0.3 is 6.03 Å². The van der Waals surface area contributed by atoms with Crippen molar-refractivity contribution in [1.29, 1.82) is 0 Å². The lowest BCUT2D eigenvalue weighted by Crippen LogP contribution is -2.64. The summed E-state index contributed by atoms with van der Waals surface area (Å²) in [5.41, 5.74) is 1.41. The molecule has 0 saturated carbocycles. The van der Waals surface area contributed by atoms with Gasteiger partial charge in [-0.1, -0.05) is 12.1 Å². The number of carbonyl (C=O) groups excluding carboxylic acids is 2. The van der Waals surface area contributed by atoms with Crippen LogP contribution < -0.4 is 5.32 Å². The summed E-state index contributed by atoms with van der Waals surface area (Å²) in [6.45, 7) is 4.17. The van der Waals surface area contributed by atoms with E-state index in [0.717, 1.165) is 5.56 Å². The second-order valence-electron chi connectivity index (χ2n) is 8.17. The molecule has 0 bridgehead atoms. The molecular formula is C20H26FN3O3S2. The lowest BCUT2D eigenvalue weighted by atomic mass is 9.91. The molecule has 1 aromatic carbocycles. The van der Waals surface area contributed by atoms with Crippen LogP contribution in [0.5, 0.6) is 0 Å². The molecule has 3 fully saturated rings. The molecular weight excluding hydrogens is 413 g/mol. The summed E-state index contributed by atoms with van der Waals surface area (Å²) in [5.74, 6) is -0.248. The highest BCUT2D eigenvalue weighted by Crippen LogP contribution is 2.37. The molecule has 3 aliphatic rings. The highest BCUT2D eigenvalue weighted by atomic mass is 32.1. The first-order valence-electron chi connectivity index (χ1n) is 9.90. The third-order valence-electron chi connectivity index (χ3n) is 6.06. The number of carbonyl (C=O) groups is 2. The third-order valence-corrected chi connectivity index (χ3v) is 7.61. The molecule has 0 aliphatic carbocycles. The van der Waals surface area contributed by atoms with Crippen molar-refractivity contribution in [2.24, 2.45) is 5.92 Å². The number of urea groups is 1. The van der Waals surface area contributed by atoms with Crippen LogP contribution in [0.15, 0.2) is 18.2 Å². The minimum atomic E-state index is -0.341. The van der Waals surface area contributed by atoms with E-state index >= 15 is 0 Å². The molecule has 6 nitrogen and oxygen atoms in total. The second-order valence-corrected chi connectivity index (χ2v) is 9.32. The first-order chi connectivity index (χ1) is 13.8. The first-order valence-corrected chi connectivity index (χ1v) is 10.9. The first kappa shape index (κ1) is 20.8. The summed E-state index contributed by atoms with van der Waals surface area (Å²) in [6.07, 6.45) is 0.700. The smallest absolute Gasteiger partial charge is 0.320 e. The monoisotopic (exact) mass is 439 g/mol. The van der Waals surface area contributed by atoms with Crippen molar-refractivity contribution >= 4 is 37.2 Å². The van der Waals surface area contributed by atoms with E-state index in [1.54, 1.807) is 15.9 Å². The zero-order chi connectivity index (χ0) is 20.7. The van der Waals surface area contributed by atoms with Crippen molar-refractivity contribution in [1.82, 2.24) is 15.1 Å². The Labute approximate surface area is 181 Å². The van der Waals surface area contributed by atoms with E-state index in [-0.39, 0.29) is 52.9 Å². The highest BCUT2D eigenvalue weighted by molar-refractivity contribution is 7.85. The maximum atomic E-state index is 14.3. The van der Waals surface area contributed by atoms with Crippen molar-refractivity contribution < 1.29 is 18.7 Å². The van der Waals surface area contributed by atoms with Crippen molar-refractivity contribution in [3.63, 3.8) is 0 Å². The second kappa shape index (κ2) is 8.35. The number of rotatable bonds is 3. The third kappa shape index (κ3) is 4.22. The molecule has 1 N–H and O–H groups in total. The van der Waals surface area contributed by atoms with Gasteiger partial charge in [0, 0.05) is 48.2 Å². The van der Waals surface area contributed by atoms with Crippen molar-refractivity contribution in [3.8, 4) is 0 Å². The average molecular weight is 440 g/mol.